The van der Waals surface area contributed by atoms with Crippen molar-refractivity contribution in [2.24, 2.45) is 11.8 Å². The van der Waals surface area contributed by atoms with Crippen LogP contribution in [0.25, 0.3) is 0 Å². The molecular formula is C15H15Br. The molecule has 2 rings (SSSR count). The zero-order valence-electron chi connectivity index (χ0n) is 9.14. The van der Waals surface area contributed by atoms with E-state index in [1.807, 2.05) is 4.99 Å². The van der Waals surface area contributed by atoms with Crippen molar-refractivity contribution in [1.29, 1.82) is 0 Å². The average molecular weight is 275 g/mol. The van der Waals surface area contributed by atoms with Crippen molar-refractivity contribution in [1.82, 2.24) is 0 Å². The second-order valence-electron chi connectivity index (χ2n) is 4.02. The number of rotatable bonds is 2. The molecule has 0 N–H and O–H groups in total. The molecule has 2 unspecified atom stereocenters. The molecule has 0 saturated carbocycles. The van der Waals surface area contributed by atoms with Crippen molar-refractivity contribution in [2.75, 3.05) is 0 Å². The number of hydrogen-bond acceptors (Lipinski definition) is 0. The smallest absolute Gasteiger partial charge is 0.0231 e. The first-order valence-electron chi connectivity index (χ1n) is 5.63. The standard InChI is InChI=1S/C15H15Br/c16-12-11-15(13-7-3-1-4-8-13)14-9-5-2-6-10-14/h1-7,9,12-14H,8,10H2. The van der Waals surface area contributed by atoms with Gasteiger partial charge in [-0.2, -0.15) is 0 Å². The van der Waals surface area contributed by atoms with Crippen LogP contribution in [0.5, 0.6) is 0 Å². The second-order valence-corrected chi connectivity index (χ2v) is 4.48. The molecule has 0 fully saturated rings. The topological polar surface area (TPSA) is 0 Å². The molecule has 0 radical (unpaired) electrons. The van der Waals surface area contributed by atoms with Crippen LogP contribution in [0.1, 0.15) is 12.8 Å². The van der Waals surface area contributed by atoms with Gasteiger partial charge in [-0.1, -0.05) is 64.5 Å². The quantitative estimate of drug-likeness (QED) is 0.641. The van der Waals surface area contributed by atoms with Crippen molar-refractivity contribution in [3.63, 3.8) is 0 Å². The minimum absolute atomic E-state index is 0.500. The highest BCUT2D eigenvalue weighted by Gasteiger charge is 2.19. The summed E-state index contributed by atoms with van der Waals surface area (Å²) in [7, 11) is 0. The van der Waals surface area contributed by atoms with Gasteiger partial charge in [0.1, 0.15) is 0 Å². The molecule has 0 spiro atoms. The van der Waals surface area contributed by atoms with Gasteiger partial charge in [0, 0.05) is 16.8 Å². The van der Waals surface area contributed by atoms with Crippen LogP contribution >= 0.6 is 15.9 Å². The first kappa shape index (κ1) is 11.4. The molecule has 0 heterocycles. The minimum Gasteiger partial charge on any atom is -0.113 e. The van der Waals surface area contributed by atoms with Gasteiger partial charge in [0.05, 0.1) is 0 Å². The largest absolute Gasteiger partial charge is 0.113 e. The fourth-order valence-electron chi connectivity index (χ4n) is 2.17. The zero-order chi connectivity index (χ0) is 11.2. The van der Waals surface area contributed by atoms with Crippen LogP contribution in [0.4, 0.5) is 0 Å². The molecule has 0 aliphatic heterocycles. The summed E-state index contributed by atoms with van der Waals surface area (Å²) in [5.41, 5.74) is 4.73. The molecule has 82 valence electrons. The van der Waals surface area contributed by atoms with Crippen molar-refractivity contribution in [3.05, 3.63) is 64.9 Å². The number of allylic oxidation sites excluding steroid dienone is 9. The second kappa shape index (κ2) is 5.89. The Morgan fingerprint density at radius 3 is 1.94 bits per heavy atom. The first-order valence-corrected chi connectivity index (χ1v) is 6.55. The maximum atomic E-state index is 3.36. The number of halogens is 1. The van der Waals surface area contributed by atoms with E-state index in [1.165, 1.54) is 5.57 Å². The summed E-state index contributed by atoms with van der Waals surface area (Å²) in [6.07, 6.45) is 19.7. The number of hydrogen-bond donors (Lipinski definition) is 0. The van der Waals surface area contributed by atoms with Gasteiger partial charge in [-0.3, -0.25) is 0 Å². The SMILES string of the molecule is BrC=C=C(C1C=CC=CC1)C1C=CC=CC1. The van der Waals surface area contributed by atoms with E-state index < -0.39 is 0 Å². The molecule has 0 nitrogen and oxygen atoms in total. The van der Waals surface area contributed by atoms with Crippen molar-refractivity contribution >= 4 is 15.9 Å². The van der Waals surface area contributed by atoms with Crippen LogP contribution in [0, 0.1) is 11.8 Å². The van der Waals surface area contributed by atoms with E-state index in [9.17, 15) is 0 Å². The maximum absolute atomic E-state index is 3.36. The molecule has 2 atom stereocenters. The molecule has 1 heteroatoms. The highest BCUT2D eigenvalue weighted by Crippen LogP contribution is 2.30. The predicted octanol–water partition coefficient (Wildman–Crippen LogP) is 4.68. The summed E-state index contributed by atoms with van der Waals surface area (Å²) >= 11 is 3.34. The Morgan fingerprint density at radius 2 is 1.56 bits per heavy atom. The van der Waals surface area contributed by atoms with Gasteiger partial charge in [0.2, 0.25) is 0 Å². The summed E-state index contributed by atoms with van der Waals surface area (Å²) < 4.78 is 0. The van der Waals surface area contributed by atoms with Crippen LogP contribution in [-0.4, -0.2) is 0 Å². The van der Waals surface area contributed by atoms with Gasteiger partial charge in [-0.05, 0) is 18.4 Å². The Morgan fingerprint density at radius 1 is 1.00 bits per heavy atom. The fourth-order valence-corrected chi connectivity index (χ4v) is 2.44. The van der Waals surface area contributed by atoms with E-state index in [0.717, 1.165) is 12.8 Å². The van der Waals surface area contributed by atoms with E-state index in [0.29, 0.717) is 11.8 Å². The van der Waals surface area contributed by atoms with E-state index in [4.69, 9.17) is 0 Å². The zero-order valence-corrected chi connectivity index (χ0v) is 10.7. The lowest BCUT2D eigenvalue weighted by atomic mass is 9.82. The monoisotopic (exact) mass is 274 g/mol. The third-order valence-electron chi connectivity index (χ3n) is 2.98. The van der Waals surface area contributed by atoms with Crippen molar-refractivity contribution < 1.29 is 0 Å². The van der Waals surface area contributed by atoms with Gasteiger partial charge >= 0.3 is 0 Å². The lowest BCUT2D eigenvalue weighted by Gasteiger charge is -2.22. The highest BCUT2D eigenvalue weighted by molar-refractivity contribution is 9.11. The van der Waals surface area contributed by atoms with Crippen molar-refractivity contribution in [3.8, 4) is 0 Å². The van der Waals surface area contributed by atoms with Gasteiger partial charge in [0.25, 0.3) is 0 Å². The molecule has 0 aromatic heterocycles. The molecule has 0 bridgehead atoms. The lowest BCUT2D eigenvalue weighted by Crippen LogP contribution is -2.11. The van der Waals surface area contributed by atoms with Crippen LogP contribution in [0.15, 0.2) is 64.9 Å². The molecule has 0 aromatic rings. The maximum Gasteiger partial charge on any atom is 0.0231 e. The van der Waals surface area contributed by atoms with E-state index in [1.54, 1.807) is 0 Å². The minimum atomic E-state index is 0.500. The van der Waals surface area contributed by atoms with Gasteiger partial charge in [0.15, 0.2) is 0 Å². The van der Waals surface area contributed by atoms with Crippen LogP contribution in [-0.2, 0) is 0 Å². The van der Waals surface area contributed by atoms with Crippen molar-refractivity contribution in [2.45, 2.75) is 12.8 Å². The molecular weight excluding hydrogens is 260 g/mol. The lowest BCUT2D eigenvalue weighted by molar-refractivity contribution is 0.636. The molecule has 0 amide bonds. The van der Waals surface area contributed by atoms with Crippen LogP contribution in [0.3, 0.4) is 0 Å². The summed E-state index contributed by atoms with van der Waals surface area (Å²) in [6, 6.07) is 0. The molecule has 2 aliphatic rings. The van der Waals surface area contributed by atoms with E-state index in [2.05, 4.69) is 70.3 Å². The Bertz CT molecular complexity index is 383. The molecule has 16 heavy (non-hydrogen) atoms. The predicted molar refractivity (Wildman–Crippen MR) is 73.3 cm³/mol. The third-order valence-corrected chi connectivity index (χ3v) is 3.21. The highest BCUT2D eigenvalue weighted by atomic mass is 79.9. The van der Waals surface area contributed by atoms with Crippen LogP contribution in [0.2, 0.25) is 0 Å². The van der Waals surface area contributed by atoms with Gasteiger partial charge in [-0.15, -0.1) is 5.73 Å². The Hall–Kier alpha value is -1.04. The Labute approximate surface area is 106 Å². The first-order chi connectivity index (χ1) is 7.92. The summed E-state index contributed by atoms with van der Waals surface area (Å²) in [5, 5.41) is 0. The third kappa shape index (κ3) is 2.75. The molecule has 0 aromatic carbocycles. The Kier molecular flexibility index (Phi) is 4.21. The summed E-state index contributed by atoms with van der Waals surface area (Å²) in [5.74, 6) is 1.000. The van der Waals surface area contributed by atoms with Crippen LogP contribution < -0.4 is 0 Å². The normalized spacial score (nSPS) is 26.6. The fraction of sp³-hybridized carbons (Fsp3) is 0.267. The van der Waals surface area contributed by atoms with E-state index in [-0.39, 0.29) is 0 Å². The molecule has 2 aliphatic carbocycles. The summed E-state index contributed by atoms with van der Waals surface area (Å²) in [4.78, 5) is 1.85. The van der Waals surface area contributed by atoms with E-state index >= 15 is 0 Å². The molecule has 0 saturated heterocycles. The van der Waals surface area contributed by atoms with Gasteiger partial charge in [-0.25, -0.2) is 0 Å². The summed E-state index contributed by atoms with van der Waals surface area (Å²) in [6.45, 7) is 0. The van der Waals surface area contributed by atoms with Gasteiger partial charge < -0.3 is 0 Å². The average Bonchev–Trinajstić information content (AvgIpc) is 2.38. The Balaban J connectivity index is 2.21.